The van der Waals surface area contributed by atoms with Crippen LogP contribution in [0, 0.1) is 13.8 Å². The van der Waals surface area contributed by atoms with E-state index < -0.39 is 6.10 Å². The second-order valence-corrected chi connectivity index (χ2v) is 5.32. The lowest BCUT2D eigenvalue weighted by Crippen LogP contribution is -2.41. The van der Waals surface area contributed by atoms with Gasteiger partial charge in [-0.05, 0) is 49.9 Å². The predicted octanol–water partition coefficient (Wildman–Crippen LogP) is 2.19. The van der Waals surface area contributed by atoms with Gasteiger partial charge in [-0.2, -0.15) is 0 Å². The molecule has 3 nitrogen and oxygen atoms in total. The standard InChI is InChI=1S/C15H23NO2/c1-11-6-12(2)8-15(7-11)18-10-14(17)9-16-13-4-3-5-13/h6-8,13-14,16-17H,3-5,9-10H2,1-2H3. The Balaban J connectivity index is 1.72. The van der Waals surface area contributed by atoms with Crippen LogP contribution in [0.3, 0.4) is 0 Å². The molecule has 2 rings (SSSR count). The number of rotatable bonds is 6. The average Bonchev–Trinajstić information content (AvgIpc) is 2.23. The molecular weight excluding hydrogens is 226 g/mol. The van der Waals surface area contributed by atoms with Crippen molar-refractivity contribution in [1.29, 1.82) is 0 Å². The lowest BCUT2D eigenvalue weighted by molar-refractivity contribution is 0.0996. The second-order valence-electron chi connectivity index (χ2n) is 5.32. The van der Waals surface area contributed by atoms with Gasteiger partial charge < -0.3 is 15.2 Å². The molecule has 1 saturated carbocycles. The van der Waals surface area contributed by atoms with Gasteiger partial charge in [0.1, 0.15) is 18.5 Å². The van der Waals surface area contributed by atoms with Crippen LogP contribution in [0.1, 0.15) is 30.4 Å². The summed E-state index contributed by atoms with van der Waals surface area (Å²) in [6.45, 7) is 5.07. The molecule has 1 unspecified atom stereocenters. The Bertz CT molecular complexity index is 368. The number of ether oxygens (including phenoxy) is 1. The number of benzene rings is 1. The topological polar surface area (TPSA) is 41.5 Å². The molecular formula is C15H23NO2. The van der Waals surface area contributed by atoms with Crippen LogP contribution >= 0.6 is 0 Å². The van der Waals surface area contributed by atoms with E-state index in [1.54, 1.807) is 0 Å². The highest BCUT2D eigenvalue weighted by molar-refractivity contribution is 5.32. The first-order valence-corrected chi connectivity index (χ1v) is 6.76. The largest absolute Gasteiger partial charge is 0.491 e. The van der Waals surface area contributed by atoms with E-state index >= 15 is 0 Å². The first-order chi connectivity index (χ1) is 8.63. The van der Waals surface area contributed by atoms with Crippen molar-refractivity contribution in [1.82, 2.24) is 5.32 Å². The van der Waals surface area contributed by atoms with Crippen molar-refractivity contribution in [2.24, 2.45) is 0 Å². The van der Waals surface area contributed by atoms with Crippen LogP contribution in [0.25, 0.3) is 0 Å². The van der Waals surface area contributed by atoms with E-state index in [0.717, 1.165) is 5.75 Å². The lowest BCUT2D eigenvalue weighted by atomic mass is 9.93. The van der Waals surface area contributed by atoms with Gasteiger partial charge in [-0.3, -0.25) is 0 Å². The molecule has 0 saturated heterocycles. The van der Waals surface area contributed by atoms with Crippen LogP contribution in [0.4, 0.5) is 0 Å². The molecule has 0 aliphatic heterocycles. The zero-order valence-electron chi connectivity index (χ0n) is 11.3. The number of hydrogen-bond donors (Lipinski definition) is 2. The predicted molar refractivity (Wildman–Crippen MR) is 73.1 cm³/mol. The van der Waals surface area contributed by atoms with Gasteiger partial charge in [-0.25, -0.2) is 0 Å². The van der Waals surface area contributed by atoms with Gasteiger partial charge in [-0.15, -0.1) is 0 Å². The average molecular weight is 249 g/mol. The van der Waals surface area contributed by atoms with E-state index in [9.17, 15) is 5.11 Å². The van der Waals surface area contributed by atoms with E-state index in [4.69, 9.17) is 4.74 Å². The minimum Gasteiger partial charge on any atom is -0.491 e. The Morgan fingerprint density at radius 2 is 1.94 bits per heavy atom. The molecule has 0 radical (unpaired) electrons. The summed E-state index contributed by atoms with van der Waals surface area (Å²) in [6.07, 6.45) is 3.36. The third-order valence-corrected chi connectivity index (χ3v) is 3.38. The van der Waals surface area contributed by atoms with Crippen molar-refractivity contribution in [3.63, 3.8) is 0 Å². The van der Waals surface area contributed by atoms with Crippen molar-refractivity contribution in [3.05, 3.63) is 29.3 Å². The fourth-order valence-electron chi connectivity index (χ4n) is 2.18. The SMILES string of the molecule is Cc1cc(C)cc(OCC(O)CNC2CCC2)c1. The van der Waals surface area contributed by atoms with Gasteiger partial charge in [0.15, 0.2) is 0 Å². The van der Waals surface area contributed by atoms with Crippen molar-refractivity contribution in [3.8, 4) is 5.75 Å². The third kappa shape index (κ3) is 4.00. The van der Waals surface area contributed by atoms with Crippen molar-refractivity contribution < 1.29 is 9.84 Å². The molecule has 1 atom stereocenters. The summed E-state index contributed by atoms with van der Waals surface area (Å²) in [7, 11) is 0. The zero-order chi connectivity index (χ0) is 13.0. The zero-order valence-corrected chi connectivity index (χ0v) is 11.3. The molecule has 0 aromatic heterocycles. The van der Waals surface area contributed by atoms with Gasteiger partial charge >= 0.3 is 0 Å². The summed E-state index contributed by atoms with van der Waals surface area (Å²) in [4.78, 5) is 0. The molecule has 0 spiro atoms. The maximum Gasteiger partial charge on any atom is 0.119 e. The summed E-state index contributed by atoms with van der Waals surface area (Å²) < 4.78 is 5.62. The smallest absolute Gasteiger partial charge is 0.119 e. The van der Waals surface area contributed by atoms with Gasteiger partial charge in [-0.1, -0.05) is 12.5 Å². The summed E-state index contributed by atoms with van der Waals surface area (Å²) in [5, 5.41) is 13.2. The summed E-state index contributed by atoms with van der Waals surface area (Å²) in [5.74, 6) is 0.843. The third-order valence-electron chi connectivity index (χ3n) is 3.38. The van der Waals surface area contributed by atoms with Crippen molar-refractivity contribution >= 4 is 0 Å². The Hall–Kier alpha value is -1.06. The molecule has 1 aliphatic carbocycles. The molecule has 1 aromatic carbocycles. The normalized spacial score (nSPS) is 17.3. The molecule has 0 bridgehead atoms. The van der Waals surface area contributed by atoms with Crippen LogP contribution in [0.2, 0.25) is 0 Å². The molecule has 2 N–H and O–H groups in total. The molecule has 3 heteroatoms. The minimum atomic E-state index is -0.439. The quantitative estimate of drug-likeness (QED) is 0.812. The first kappa shape index (κ1) is 13.4. The van der Waals surface area contributed by atoms with Crippen LogP contribution in [-0.2, 0) is 0 Å². The summed E-state index contributed by atoms with van der Waals surface area (Å²) in [5.41, 5.74) is 2.37. The fraction of sp³-hybridized carbons (Fsp3) is 0.600. The fourth-order valence-corrected chi connectivity index (χ4v) is 2.18. The Morgan fingerprint density at radius 1 is 1.28 bits per heavy atom. The van der Waals surface area contributed by atoms with Gasteiger partial charge in [0.25, 0.3) is 0 Å². The Labute approximate surface area is 109 Å². The number of nitrogens with one attached hydrogen (secondary N) is 1. The number of aliphatic hydroxyl groups is 1. The minimum absolute atomic E-state index is 0.350. The van der Waals surface area contributed by atoms with Crippen LogP contribution in [-0.4, -0.2) is 30.4 Å². The van der Waals surface area contributed by atoms with E-state index in [-0.39, 0.29) is 0 Å². The Morgan fingerprint density at radius 3 is 2.50 bits per heavy atom. The van der Waals surface area contributed by atoms with Gasteiger partial charge in [0.2, 0.25) is 0 Å². The molecule has 1 aliphatic rings. The molecule has 1 fully saturated rings. The highest BCUT2D eigenvalue weighted by Crippen LogP contribution is 2.18. The monoisotopic (exact) mass is 249 g/mol. The lowest BCUT2D eigenvalue weighted by Gasteiger charge is -2.27. The van der Waals surface area contributed by atoms with Crippen molar-refractivity contribution in [2.45, 2.75) is 45.3 Å². The Kier molecular flexibility index (Phi) is 4.61. The molecule has 100 valence electrons. The van der Waals surface area contributed by atoms with E-state index in [2.05, 4.69) is 25.2 Å². The van der Waals surface area contributed by atoms with Crippen LogP contribution in [0.5, 0.6) is 5.75 Å². The number of aryl methyl sites for hydroxylation is 2. The number of hydrogen-bond acceptors (Lipinski definition) is 3. The second kappa shape index (κ2) is 6.21. The maximum absolute atomic E-state index is 9.83. The highest BCUT2D eigenvalue weighted by Gasteiger charge is 2.17. The van der Waals surface area contributed by atoms with Crippen LogP contribution < -0.4 is 10.1 Å². The van der Waals surface area contributed by atoms with Gasteiger partial charge in [0, 0.05) is 12.6 Å². The molecule has 0 amide bonds. The van der Waals surface area contributed by atoms with Crippen molar-refractivity contribution in [2.75, 3.05) is 13.2 Å². The van der Waals surface area contributed by atoms with Gasteiger partial charge in [0.05, 0.1) is 0 Å². The first-order valence-electron chi connectivity index (χ1n) is 6.76. The maximum atomic E-state index is 9.83. The van der Waals surface area contributed by atoms with E-state index in [1.165, 1.54) is 30.4 Å². The highest BCUT2D eigenvalue weighted by atomic mass is 16.5. The summed E-state index contributed by atoms with van der Waals surface area (Å²) in [6, 6.07) is 6.72. The van der Waals surface area contributed by atoms with E-state index in [1.807, 2.05) is 12.1 Å². The van der Waals surface area contributed by atoms with Crippen LogP contribution in [0.15, 0.2) is 18.2 Å². The molecule has 1 aromatic rings. The molecule has 18 heavy (non-hydrogen) atoms. The van der Waals surface area contributed by atoms with E-state index in [0.29, 0.717) is 19.2 Å². The number of aliphatic hydroxyl groups excluding tert-OH is 1. The molecule has 0 heterocycles. The summed E-state index contributed by atoms with van der Waals surface area (Å²) >= 11 is 0.